The minimum atomic E-state index is -4.37. The number of fused-ring (bicyclic) bond motifs is 3. The van der Waals surface area contributed by atoms with Crippen LogP contribution in [-0.2, 0) is 26.6 Å². The van der Waals surface area contributed by atoms with Gasteiger partial charge >= 0.3 is 47.6 Å². The maximum Gasteiger partial charge on any atom is 1.00 e. The first kappa shape index (κ1) is 80.5. The Bertz CT molecular complexity index is 4010. The molecule has 0 spiro atoms. The number of aryl methyl sites for hydroxylation is 2. The van der Waals surface area contributed by atoms with E-state index >= 15 is 0 Å². The summed E-state index contributed by atoms with van der Waals surface area (Å²) in [6, 6.07) is 21.3. The van der Waals surface area contributed by atoms with E-state index in [0.29, 0.717) is 69.0 Å². The number of phenolic OH excluding ortho intramolecular Hbond substituents is 1. The van der Waals surface area contributed by atoms with Gasteiger partial charge in [-0.2, -0.15) is 30.7 Å². The second-order valence-electron chi connectivity index (χ2n) is 17.0. The molecule has 0 fully saturated rings. The first-order valence-electron chi connectivity index (χ1n) is 24.4. The fourth-order valence-corrected chi connectivity index (χ4v) is 6.77. The van der Waals surface area contributed by atoms with E-state index in [4.69, 9.17) is 45.7 Å². The van der Waals surface area contributed by atoms with Crippen molar-refractivity contribution in [2.75, 3.05) is 38.5 Å². The van der Waals surface area contributed by atoms with Crippen LogP contribution in [0.15, 0.2) is 157 Å². The molecule has 0 amide bonds. The molecule has 11 rings (SSSR count). The van der Waals surface area contributed by atoms with Crippen molar-refractivity contribution in [1.82, 2.24) is 34.9 Å². The van der Waals surface area contributed by atoms with Gasteiger partial charge in [-0.15, -0.1) is 5.34 Å². The third-order valence-corrected chi connectivity index (χ3v) is 11.1. The minimum absolute atomic E-state index is 0. The number of nitrogens with two attached hydrogens (primary N) is 3. The third kappa shape index (κ3) is 26.5. The van der Waals surface area contributed by atoms with Crippen LogP contribution < -0.4 is 46.8 Å². The zero-order valence-corrected chi connectivity index (χ0v) is 55.1. The quantitative estimate of drug-likeness (QED) is 0.0228. The molecule has 93 heavy (non-hydrogen) atoms. The zero-order valence-electron chi connectivity index (χ0n) is 48.4. The van der Waals surface area contributed by atoms with Gasteiger partial charge in [0.25, 0.3) is 6.48 Å². The molecule has 0 radical (unpaired) electrons. The van der Waals surface area contributed by atoms with Crippen molar-refractivity contribution in [3.63, 3.8) is 0 Å². The number of benzene rings is 4. The molecule has 0 aliphatic carbocycles. The fraction of sp³-hybridized carbons (Fsp3) is 0.145. The normalized spacial score (nSPS) is 10.4. The SMILES string of the molecule is BrBr.COC(OC)OC.Cc1cnc(F)c(-c2nc3cc(F)ccc3o2)c1.Cc1cnc(N)c(-c2nc3cc(F)ccc3o2)c1.Fc1ccc2ocnc2c1.Nc1ccc(C(F)(F)F)cn1.Nc1ncc(C(F)(F)F)cc1Br.O=N[O-].O=[N+]([O-])c1cc(F)ccc1O.[Na+]. The van der Waals surface area contributed by atoms with Crippen LogP contribution in [0.4, 0.5) is 71.4 Å². The van der Waals surface area contributed by atoms with Crippen molar-refractivity contribution >= 4 is 101 Å². The van der Waals surface area contributed by atoms with E-state index in [9.17, 15) is 58.4 Å². The van der Waals surface area contributed by atoms with Crippen LogP contribution in [0.3, 0.4) is 0 Å². The number of aromatic hydroxyl groups is 1. The predicted octanol–water partition coefficient (Wildman–Crippen LogP) is 13.1. The van der Waals surface area contributed by atoms with Gasteiger partial charge in [-0.05, 0) is 120 Å². The van der Waals surface area contributed by atoms with Crippen molar-refractivity contribution in [3.8, 4) is 28.7 Å². The first-order valence-corrected chi connectivity index (χ1v) is 29.0. The third-order valence-electron chi connectivity index (χ3n) is 10.5. The molecule has 7 N–H and O–H groups in total. The van der Waals surface area contributed by atoms with E-state index in [1.807, 2.05) is 13.0 Å². The summed E-state index contributed by atoms with van der Waals surface area (Å²) in [5.74, 6) is -2.06. The topological polar surface area (TPSA) is 351 Å². The van der Waals surface area contributed by atoms with Crippen LogP contribution in [0.2, 0.25) is 0 Å². The van der Waals surface area contributed by atoms with Crippen LogP contribution in [0, 0.1) is 63.3 Å². The Labute approximate surface area is 562 Å². The number of nitro benzene ring substituents is 1. The number of rotatable bonds is 6. The second-order valence-corrected chi connectivity index (χ2v) is 17.9. The molecular weight excluding hydrogens is 1480 g/mol. The molecule has 0 bridgehead atoms. The zero-order chi connectivity index (χ0) is 69.0. The average molecular weight is 1520 g/mol. The number of nitro groups is 1. The van der Waals surface area contributed by atoms with Gasteiger partial charge in [0.2, 0.25) is 17.7 Å². The molecule has 0 atom stereocenters. The molecule has 0 aliphatic rings. The number of phenols is 1. The van der Waals surface area contributed by atoms with Gasteiger partial charge < -0.3 is 59.9 Å². The van der Waals surface area contributed by atoms with E-state index < -0.39 is 63.9 Å². The summed E-state index contributed by atoms with van der Waals surface area (Å²) in [5, 5.41) is 27.8. The van der Waals surface area contributed by atoms with Gasteiger partial charge in [-0.1, -0.05) is 0 Å². The van der Waals surface area contributed by atoms with E-state index in [0.717, 1.165) is 46.8 Å². The predicted molar refractivity (Wildman–Crippen MR) is 324 cm³/mol. The van der Waals surface area contributed by atoms with Crippen LogP contribution in [0.5, 0.6) is 5.75 Å². The smallest absolute Gasteiger partial charge is 0.502 e. The summed E-state index contributed by atoms with van der Waals surface area (Å²) in [6.07, 6.45) is -2.92. The first-order chi connectivity index (χ1) is 43.4. The Morgan fingerprint density at radius 1 is 0.591 bits per heavy atom. The van der Waals surface area contributed by atoms with Crippen LogP contribution in [0.25, 0.3) is 56.2 Å². The van der Waals surface area contributed by atoms with Gasteiger partial charge in [0.1, 0.15) is 57.3 Å². The van der Waals surface area contributed by atoms with E-state index in [1.165, 1.54) is 76.4 Å². The summed E-state index contributed by atoms with van der Waals surface area (Å²) in [6.45, 7) is 3.18. The van der Waals surface area contributed by atoms with E-state index in [1.54, 1.807) is 31.3 Å². The summed E-state index contributed by atoms with van der Waals surface area (Å²) in [5.41, 5.74) is 19.3. The monoisotopic (exact) mass is 1520 g/mol. The van der Waals surface area contributed by atoms with Gasteiger partial charge in [-0.25, -0.2) is 52.4 Å². The number of nitrogens with zero attached hydrogens (tertiary/aromatic N) is 9. The minimum Gasteiger partial charge on any atom is -0.502 e. The Morgan fingerprint density at radius 2 is 1.03 bits per heavy atom. The molecular formula is C55H45Br3F11N12NaO11. The fourth-order valence-electron chi connectivity index (χ4n) is 6.42. The maximum atomic E-state index is 13.6. The average Bonchev–Trinajstić information content (AvgIpc) is 1.70. The Hall–Kier alpha value is -8.56. The summed E-state index contributed by atoms with van der Waals surface area (Å²) in [7, 11) is 4.53. The van der Waals surface area contributed by atoms with Crippen molar-refractivity contribution in [1.29, 1.82) is 0 Å². The molecule has 23 nitrogen and oxygen atoms in total. The molecule has 0 aliphatic heterocycles. The number of aromatic nitrogens is 7. The van der Waals surface area contributed by atoms with Gasteiger partial charge in [-0.3, -0.25) is 10.1 Å². The number of hydrogen-bond donors (Lipinski definition) is 4. The van der Waals surface area contributed by atoms with Crippen molar-refractivity contribution in [2.45, 2.75) is 32.7 Å². The van der Waals surface area contributed by atoms with Crippen LogP contribution in [0.1, 0.15) is 22.3 Å². The molecule has 0 unspecified atom stereocenters. The molecule has 0 saturated carbocycles. The number of pyridine rings is 4. The van der Waals surface area contributed by atoms with E-state index in [-0.39, 0.29) is 68.8 Å². The van der Waals surface area contributed by atoms with Crippen molar-refractivity contribution in [3.05, 3.63) is 210 Å². The van der Waals surface area contributed by atoms with Crippen molar-refractivity contribution in [2.24, 2.45) is 5.34 Å². The maximum absolute atomic E-state index is 13.6. The number of nitrogen functional groups attached to an aromatic ring is 3. The molecule has 0 saturated heterocycles. The Morgan fingerprint density at radius 3 is 1.48 bits per heavy atom. The molecule has 7 heterocycles. The largest absolute Gasteiger partial charge is 1.00 e. The molecule has 38 heteroatoms. The molecule has 4 aromatic carbocycles. The number of methoxy groups -OCH3 is 3. The van der Waals surface area contributed by atoms with Gasteiger partial charge in [0.15, 0.2) is 28.9 Å². The van der Waals surface area contributed by atoms with Crippen LogP contribution >= 0.6 is 44.2 Å². The molecule has 11 aromatic rings. The second kappa shape index (κ2) is 39.1. The van der Waals surface area contributed by atoms with Crippen LogP contribution in [-0.4, -0.2) is 72.7 Å². The van der Waals surface area contributed by atoms with Gasteiger partial charge in [0, 0.05) is 92.6 Å². The molecule has 7 aromatic heterocycles. The number of anilines is 3. The number of halogens is 14. The number of alkyl halides is 6. The summed E-state index contributed by atoms with van der Waals surface area (Å²) in [4.78, 5) is 43.6. The number of hydrogen-bond acceptors (Lipinski definition) is 22. The van der Waals surface area contributed by atoms with Crippen molar-refractivity contribution < 1.29 is 115 Å². The summed E-state index contributed by atoms with van der Waals surface area (Å²) < 4.78 is 166. The molecule has 490 valence electrons. The Kier molecular flexibility index (Phi) is 33.9. The number of oxazole rings is 3. The van der Waals surface area contributed by atoms with E-state index in [2.05, 4.69) is 93.3 Å². The summed E-state index contributed by atoms with van der Waals surface area (Å²) >= 11 is 8.35. The van der Waals surface area contributed by atoms with Gasteiger partial charge in [0.05, 0.1) is 37.7 Å². The number of ether oxygens (including phenoxy) is 3. The Balaban J connectivity index is 0.000000371. The standard InChI is InChI=1S/C13H8F2N2O.C13H10FN3O.C7H4FNO.C6H4BrF3N2.C6H5F3N2.C6H4FNO3.C4H10O3.Br2.HNO2.Na/c2*1-7-4-9(12(15)16-6-7)13-17-10-5-8(14)2-3-11(10)18-13;8-5-1-2-7-6(3-5)9-4-10-7;7-4-1-3(6(8,9)10)2-12-5(4)11;7-6(8,9)4-1-2-5(10)11-3-4;7-4-1-2-6(9)5(3-4)8(10)11;1-5-4(6-2)7-3;1-2;2-1-3;/h2-6H,1H3;2-6H,1H3,(H2,15,16);1-4H;1-2H,(H2,11,12);1-3H,(H2,10,11);1-3,9H;4H,1-3H3;;(H,2,3);/q;;;;;;;;;+1/p-1.